The molecule has 9 rings (SSSR count). The van der Waals surface area contributed by atoms with E-state index in [1.54, 1.807) is 22.5 Å². The molecule has 17 nitrogen and oxygen atoms in total. The molecule has 19 heteroatoms. The lowest BCUT2D eigenvalue weighted by molar-refractivity contribution is -0.135. The molecule has 3 amide bonds. The lowest BCUT2D eigenvalue weighted by Gasteiger charge is -2.35. The molecule has 0 radical (unpaired) electrons. The van der Waals surface area contributed by atoms with E-state index in [9.17, 15) is 28.0 Å². The van der Waals surface area contributed by atoms with Crippen molar-refractivity contribution in [2.45, 2.75) is 70.0 Å². The zero-order valence-corrected chi connectivity index (χ0v) is 33.6. The van der Waals surface area contributed by atoms with Gasteiger partial charge in [0.2, 0.25) is 11.8 Å². The van der Waals surface area contributed by atoms with Crippen molar-refractivity contribution in [3.63, 3.8) is 0 Å². The van der Waals surface area contributed by atoms with Gasteiger partial charge in [-0.05, 0) is 87.8 Å². The molecule has 2 N–H and O–H groups in total. The first-order chi connectivity index (χ1) is 29.1. The van der Waals surface area contributed by atoms with Crippen LogP contribution in [0.1, 0.15) is 85.1 Å². The smallest absolute Gasteiger partial charge is 0.329 e. The van der Waals surface area contributed by atoms with Crippen molar-refractivity contribution >= 4 is 45.9 Å². The van der Waals surface area contributed by atoms with Crippen LogP contribution >= 0.6 is 0 Å². The number of imide groups is 1. The molecule has 5 aromatic rings. The number of aryl methyl sites for hydroxylation is 1. The Labute approximate surface area is 344 Å². The fourth-order valence-corrected chi connectivity index (χ4v) is 9.23. The minimum absolute atomic E-state index is 0.0116. The molecule has 4 fully saturated rings. The van der Waals surface area contributed by atoms with Gasteiger partial charge >= 0.3 is 5.69 Å². The molecular formula is C41H50F2N12O5. The number of nitrogens with one attached hydrogen (secondary N) is 2. The molecule has 4 aromatic heterocycles. The lowest BCUT2D eigenvalue weighted by Crippen LogP contribution is -2.44. The number of carbonyl (C=O) groups excluding carboxylic acids is 3. The minimum Gasteiger partial charge on any atom is -0.378 e. The molecule has 60 heavy (non-hydrogen) atoms. The van der Waals surface area contributed by atoms with Crippen molar-refractivity contribution in [1.82, 2.24) is 48.6 Å². The van der Waals surface area contributed by atoms with Gasteiger partial charge in [-0.2, -0.15) is 10.2 Å². The van der Waals surface area contributed by atoms with Gasteiger partial charge in [-0.1, -0.05) is 6.07 Å². The number of halogens is 2. The molecule has 1 unspecified atom stereocenters. The minimum atomic E-state index is -2.86. The molecule has 4 saturated heterocycles. The molecule has 0 spiro atoms. The van der Waals surface area contributed by atoms with Crippen molar-refractivity contribution in [2.75, 3.05) is 69.2 Å². The maximum absolute atomic E-state index is 14.2. The molecule has 1 atom stereocenters. The maximum atomic E-state index is 14.2. The van der Waals surface area contributed by atoms with E-state index in [-0.39, 0.29) is 35.3 Å². The highest BCUT2D eigenvalue weighted by Gasteiger charge is 2.32. The van der Waals surface area contributed by atoms with Crippen LogP contribution < -0.4 is 21.2 Å². The molecule has 1 aromatic carbocycles. The first-order valence-electron chi connectivity index (χ1n) is 20.9. The standard InChI is InChI=1S/C41H50F2N12O5/c1-49-33-22-27(2-3-31(33)55(41(49)59)32-4-5-35(56)47-40(32)58)24-51-13-7-26(8-14-51)6-12-50-15-9-28(10-16-50)54-25-30(36(48-54)37(42)43)45-39(57)29-23-44-53-17-11-34(46-38(29)53)52-18-20-60-21-19-52/h2-3,11,17,22-23,25-26,28,32,37H,4-10,12-16,18-21,24H2,1H3,(H,45,57)(H,47,56,58). The Morgan fingerprint density at radius 3 is 2.48 bits per heavy atom. The molecule has 8 heterocycles. The summed E-state index contributed by atoms with van der Waals surface area (Å²) in [6.45, 7) is 7.92. The SMILES string of the molecule is Cn1c(=O)n(C2CCC(=O)NC2=O)c2ccc(CN3CCC(CCN4CCC(n5cc(NC(=O)c6cnn7ccc(N8CCOCC8)nc67)c(C(F)F)n5)CC4)CC3)cc21. The number of carbonyl (C=O) groups is 3. The number of benzene rings is 1. The predicted molar refractivity (Wildman–Crippen MR) is 217 cm³/mol. The van der Waals surface area contributed by atoms with Gasteiger partial charge in [0.15, 0.2) is 11.3 Å². The molecule has 0 bridgehead atoms. The van der Waals surface area contributed by atoms with Crippen molar-refractivity contribution in [1.29, 1.82) is 0 Å². The Hall–Kier alpha value is -5.53. The lowest BCUT2D eigenvalue weighted by atomic mass is 9.92. The van der Waals surface area contributed by atoms with Crippen molar-refractivity contribution in [3.8, 4) is 0 Å². The third kappa shape index (κ3) is 8.04. The number of rotatable bonds is 11. The summed E-state index contributed by atoms with van der Waals surface area (Å²) in [6.07, 6.45) is 7.14. The third-order valence-electron chi connectivity index (χ3n) is 12.7. The van der Waals surface area contributed by atoms with Crippen LogP contribution in [0.15, 0.2) is 47.7 Å². The number of hydrogen-bond donors (Lipinski definition) is 2. The van der Waals surface area contributed by atoms with Gasteiger partial charge in [-0.15, -0.1) is 0 Å². The van der Waals surface area contributed by atoms with Gasteiger partial charge in [0, 0.05) is 58.6 Å². The van der Waals surface area contributed by atoms with Crippen LogP contribution in [0, 0.1) is 5.92 Å². The second kappa shape index (κ2) is 16.8. The molecular weight excluding hydrogens is 779 g/mol. The first kappa shape index (κ1) is 39.9. The van der Waals surface area contributed by atoms with E-state index in [1.807, 2.05) is 24.3 Å². The number of nitrogens with zero attached hydrogens (tertiary/aromatic N) is 10. The van der Waals surface area contributed by atoms with Gasteiger partial charge in [0.05, 0.1) is 42.2 Å². The third-order valence-corrected chi connectivity index (χ3v) is 12.7. The van der Waals surface area contributed by atoms with E-state index < -0.39 is 30.0 Å². The number of piperidine rings is 3. The maximum Gasteiger partial charge on any atom is 0.329 e. The van der Waals surface area contributed by atoms with Crippen LogP contribution in [0.5, 0.6) is 0 Å². The summed E-state index contributed by atoms with van der Waals surface area (Å²) in [7, 11) is 1.72. The van der Waals surface area contributed by atoms with Crippen LogP contribution in [-0.4, -0.2) is 120 Å². The van der Waals surface area contributed by atoms with E-state index in [0.717, 1.165) is 82.5 Å². The number of amides is 3. The Bertz CT molecular complexity index is 2450. The highest BCUT2D eigenvalue weighted by Crippen LogP contribution is 2.32. The van der Waals surface area contributed by atoms with Crippen LogP contribution in [0.25, 0.3) is 16.7 Å². The Morgan fingerprint density at radius 2 is 1.73 bits per heavy atom. The van der Waals surface area contributed by atoms with Gasteiger partial charge in [0.1, 0.15) is 17.4 Å². The summed E-state index contributed by atoms with van der Waals surface area (Å²) >= 11 is 0. The number of alkyl halides is 2. The largest absolute Gasteiger partial charge is 0.378 e. The first-order valence-corrected chi connectivity index (χ1v) is 20.9. The van der Waals surface area contributed by atoms with Crippen molar-refractivity contribution in [2.24, 2.45) is 13.0 Å². The Balaban J connectivity index is 0.752. The second-order valence-corrected chi connectivity index (χ2v) is 16.5. The van der Waals surface area contributed by atoms with Crippen LogP contribution in [0.4, 0.5) is 20.3 Å². The molecule has 0 aliphatic carbocycles. The normalized spacial score (nSPS) is 20.5. The summed E-state index contributed by atoms with van der Waals surface area (Å²) in [4.78, 5) is 62.5. The zero-order chi connectivity index (χ0) is 41.5. The van der Waals surface area contributed by atoms with Crippen molar-refractivity contribution < 1.29 is 27.9 Å². The highest BCUT2D eigenvalue weighted by atomic mass is 19.3. The van der Waals surface area contributed by atoms with E-state index in [1.165, 1.54) is 21.5 Å². The van der Waals surface area contributed by atoms with Crippen LogP contribution in [0.3, 0.4) is 0 Å². The van der Waals surface area contributed by atoms with E-state index >= 15 is 0 Å². The molecule has 4 aliphatic rings. The number of fused-ring (bicyclic) bond motifs is 2. The molecule has 0 saturated carbocycles. The van der Waals surface area contributed by atoms with Crippen molar-refractivity contribution in [3.05, 3.63) is 70.2 Å². The topological polar surface area (TPSA) is 169 Å². The monoisotopic (exact) mass is 828 g/mol. The number of hydrogen-bond acceptors (Lipinski definition) is 11. The van der Waals surface area contributed by atoms with Gasteiger partial charge in [-0.3, -0.25) is 38.4 Å². The average molecular weight is 829 g/mol. The van der Waals surface area contributed by atoms with Crippen LogP contribution in [-0.2, 0) is 27.9 Å². The molecule has 318 valence electrons. The number of morpholine rings is 1. The Morgan fingerprint density at radius 1 is 0.967 bits per heavy atom. The summed E-state index contributed by atoms with van der Waals surface area (Å²) in [6, 6.07) is 7.04. The number of imidazole rings is 1. The predicted octanol–water partition coefficient (Wildman–Crippen LogP) is 3.52. The number of likely N-dealkylation sites (tertiary alicyclic amines) is 2. The summed E-state index contributed by atoms with van der Waals surface area (Å²) in [5.41, 5.74) is 2.36. The van der Waals surface area contributed by atoms with Gasteiger partial charge < -0.3 is 19.9 Å². The average Bonchev–Trinajstić information content (AvgIpc) is 3.95. The fraction of sp³-hybridized carbons (Fsp3) is 0.537. The fourth-order valence-electron chi connectivity index (χ4n) is 9.23. The van der Waals surface area contributed by atoms with Crippen LogP contribution in [0.2, 0.25) is 0 Å². The van der Waals surface area contributed by atoms with E-state index in [2.05, 4.69) is 40.5 Å². The number of ether oxygens (including phenoxy) is 1. The Kier molecular flexibility index (Phi) is 11.2. The van der Waals surface area contributed by atoms with E-state index in [4.69, 9.17) is 4.74 Å². The second-order valence-electron chi connectivity index (χ2n) is 16.5. The highest BCUT2D eigenvalue weighted by molar-refractivity contribution is 6.08. The summed E-state index contributed by atoms with van der Waals surface area (Å²) in [5, 5.41) is 13.6. The molecule has 4 aliphatic heterocycles. The van der Waals surface area contributed by atoms with E-state index in [0.29, 0.717) is 55.6 Å². The van der Waals surface area contributed by atoms with Gasteiger partial charge in [0.25, 0.3) is 12.3 Å². The summed E-state index contributed by atoms with van der Waals surface area (Å²) < 4.78 is 40.1. The summed E-state index contributed by atoms with van der Waals surface area (Å²) in [5.74, 6) is -0.0143. The number of anilines is 2. The number of aromatic nitrogens is 7. The zero-order valence-electron chi connectivity index (χ0n) is 33.6. The van der Waals surface area contributed by atoms with Gasteiger partial charge in [-0.25, -0.2) is 23.1 Å². The quantitative estimate of drug-likeness (QED) is 0.187.